The van der Waals surface area contributed by atoms with Crippen molar-refractivity contribution >= 4 is 23.7 Å². The van der Waals surface area contributed by atoms with Crippen LogP contribution in [0.25, 0.3) is 0 Å². The number of carbonyl (C=O) groups is 2. The van der Waals surface area contributed by atoms with Crippen molar-refractivity contribution < 1.29 is 19.4 Å². The van der Waals surface area contributed by atoms with Gasteiger partial charge in [0, 0.05) is 24.5 Å². The topological polar surface area (TPSA) is 66.8 Å². The highest BCUT2D eigenvalue weighted by Gasteiger charge is 2.16. The summed E-state index contributed by atoms with van der Waals surface area (Å²) in [5.41, 5.74) is 1.75. The van der Waals surface area contributed by atoms with E-state index in [1.807, 2.05) is 42.5 Å². The number of benzene rings is 2. The molecule has 0 saturated heterocycles. The molecule has 6 heteroatoms. The third kappa shape index (κ3) is 6.85. The van der Waals surface area contributed by atoms with E-state index in [0.717, 1.165) is 11.1 Å². The van der Waals surface area contributed by atoms with Gasteiger partial charge in [0.2, 0.25) is 0 Å². The SMILES string of the molecule is O=C(O)CCCN(Cc1cccc(Cl)c1)C(=O)OCc1ccccc1. The first kappa shape index (κ1) is 18.8. The van der Waals surface area contributed by atoms with Gasteiger partial charge in [-0.15, -0.1) is 0 Å². The van der Waals surface area contributed by atoms with Crippen molar-refractivity contribution in [2.24, 2.45) is 0 Å². The van der Waals surface area contributed by atoms with Gasteiger partial charge in [0.15, 0.2) is 0 Å². The fraction of sp³-hybridized carbons (Fsp3) is 0.263. The standard InChI is InChI=1S/C19H20ClNO4/c20-17-9-4-8-16(12-17)13-21(11-5-10-18(22)23)19(24)25-14-15-6-2-1-3-7-15/h1-4,6-9,12H,5,10-11,13-14H2,(H,22,23). The molecule has 25 heavy (non-hydrogen) atoms. The molecule has 2 aromatic carbocycles. The molecule has 0 saturated carbocycles. The number of halogens is 1. The molecule has 2 aromatic rings. The summed E-state index contributed by atoms with van der Waals surface area (Å²) in [7, 11) is 0. The highest BCUT2D eigenvalue weighted by atomic mass is 35.5. The number of rotatable bonds is 8. The van der Waals surface area contributed by atoms with Gasteiger partial charge in [-0.05, 0) is 29.7 Å². The van der Waals surface area contributed by atoms with Crippen LogP contribution >= 0.6 is 11.6 Å². The summed E-state index contributed by atoms with van der Waals surface area (Å²) in [5.74, 6) is -0.889. The van der Waals surface area contributed by atoms with Crippen LogP contribution in [0.1, 0.15) is 24.0 Å². The Morgan fingerprint density at radius 3 is 2.44 bits per heavy atom. The van der Waals surface area contributed by atoms with Crippen molar-refractivity contribution in [1.29, 1.82) is 0 Å². The van der Waals surface area contributed by atoms with Crippen molar-refractivity contribution in [3.8, 4) is 0 Å². The maximum Gasteiger partial charge on any atom is 0.410 e. The van der Waals surface area contributed by atoms with Gasteiger partial charge >= 0.3 is 12.1 Å². The molecule has 0 unspecified atom stereocenters. The van der Waals surface area contributed by atoms with E-state index in [1.54, 1.807) is 12.1 Å². The molecular weight excluding hydrogens is 342 g/mol. The van der Waals surface area contributed by atoms with Crippen LogP contribution < -0.4 is 0 Å². The number of carbonyl (C=O) groups excluding carboxylic acids is 1. The second kappa shape index (κ2) is 9.69. The summed E-state index contributed by atoms with van der Waals surface area (Å²) in [6.07, 6.45) is -0.122. The lowest BCUT2D eigenvalue weighted by molar-refractivity contribution is -0.137. The summed E-state index contributed by atoms with van der Waals surface area (Å²) in [5, 5.41) is 9.37. The third-order valence-corrected chi connectivity index (χ3v) is 3.78. The van der Waals surface area contributed by atoms with Gasteiger partial charge < -0.3 is 14.7 Å². The molecule has 132 valence electrons. The molecule has 1 amide bonds. The molecule has 0 bridgehead atoms. The van der Waals surface area contributed by atoms with Crippen LogP contribution in [0.4, 0.5) is 4.79 Å². The molecule has 0 aliphatic heterocycles. The zero-order valence-corrected chi connectivity index (χ0v) is 14.5. The Bertz CT molecular complexity index is 706. The molecule has 0 fully saturated rings. The highest BCUT2D eigenvalue weighted by Crippen LogP contribution is 2.14. The number of carboxylic acid groups (broad SMARTS) is 1. The predicted octanol–water partition coefficient (Wildman–Crippen LogP) is 4.34. The number of aliphatic carboxylic acids is 1. The number of nitrogens with zero attached hydrogens (tertiary/aromatic N) is 1. The van der Waals surface area contributed by atoms with Crippen LogP contribution in [-0.4, -0.2) is 28.6 Å². The smallest absolute Gasteiger partial charge is 0.410 e. The first-order valence-electron chi connectivity index (χ1n) is 7.96. The second-order valence-electron chi connectivity index (χ2n) is 5.59. The Hall–Kier alpha value is -2.53. The fourth-order valence-electron chi connectivity index (χ4n) is 2.32. The van der Waals surface area contributed by atoms with Crippen molar-refractivity contribution in [1.82, 2.24) is 4.90 Å². The first-order valence-corrected chi connectivity index (χ1v) is 8.34. The number of carboxylic acids is 1. The molecule has 0 radical (unpaired) electrons. The molecule has 0 aliphatic rings. The summed E-state index contributed by atoms with van der Waals surface area (Å²) < 4.78 is 5.36. The monoisotopic (exact) mass is 361 g/mol. The van der Waals surface area contributed by atoms with Crippen molar-refractivity contribution in [2.45, 2.75) is 26.0 Å². The minimum atomic E-state index is -0.889. The molecule has 0 aliphatic carbocycles. The van der Waals surface area contributed by atoms with E-state index in [1.165, 1.54) is 4.90 Å². The number of hydrogen-bond donors (Lipinski definition) is 1. The highest BCUT2D eigenvalue weighted by molar-refractivity contribution is 6.30. The van der Waals surface area contributed by atoms with Gasteiger partial charge in [0.25, 0.3) is 0 Å². The lowest BCUT2D eigenvalue weighted by atomic mass is 10.2. The maximum absolute atomic E-state index is 12.4. The molecule has 2 rings (SSSR count). The van der Waals surface area contributed by atoms with Crippen LogP contribution in [0.2, 0.25) is 5.02 Å². The molecule has 0 aromatic heterocycles. The number of ether oxygens (including phenoxy) is 1. The Kier molecular flexibility index (Phi) is 7.29. The van der Waals surface area contributed by atoms with Crippen LogP contribution in [0.15, 0.2) is 54.6 Å². The summed E-state index contributed by atoms with van der Waals surface area (Å²) >= 11 is 5.98. The molecular formula is C19H20ClNO4. The summed E-state index contributed by atoms with van der Waals surface area (Å²) in [6.45, 7) is 0.783. The van der Waals surface area contributed by atoms with E-state index >= 15 is 0 Å². The van der Waals surface area contributed by atoms with Gasteiger partial charge in [-0.2, -0.15) is 0 Å². The van der Waals surface area contributed by atoms with E-state index < -0.39 is 12.1 Å². The zero-order valence-electron chi connectivity index (χ0n) is 13.7. The predicted molar refractivity (Wildman–Crippen MR) is 95.4 cm³/mol. The largest absolute Gasteiger partial charge is 0.481 e. The Labute approximate surface area is 151 Å². The van der Waals surface area contributed by atoms with Crippen molar-refractivity contribution in [2.75, 3.05) is 6.54 Å². The lowest BCUT2D eigenvalue weighted by Gasteiger charge is -2.22. The van der Waals surface area contributed by atoms with E-state index in [2.05, 4.69) is 0 Å². The van der Waals surface area contributed by atoms with Crippen LogP contribution in [0.5, 0.6) is 0 Å². The van der Waals surface area contributed by atoms with Crippen LogP contribution in [-0.2, 0) is 22.7 Å². The van der Waals surface area contributed by atoms with Gasteiger partial charge in [-0.1, -0.05) is 54.1 Å². The van der Waals surface area contributed by atoms with Gasteiger partial charge in [0.1, 0.15) is 6.61 Å². The summed E-state index contributed by atoms with van der Waals surface area (Å²) in [6, 6.07) is 16.6. The van der Waals surface area contributed by atoms with E-state index in [-0.39, 0.29) is 13.0 Å². The number of amides is 1. The van der Waals surface area contributed by atoms with Gasteiger partial charge in [-0.3, -0.25) is 4.79 Å². The molecule has 1 N–H and O–H groups in total. The third-order valence-electron chi connectivity index (χ3n) is 3.54. The number of hydrogen-bond acceptors (Lipinski definition) is 3. The maximum atomic E-state index is 12.4. The van der Waals surface area contributed by atoms with E-state index in [9.17, 15) is 9.59 Å². The Morgan fingerprint density at radius 2 is 1.76 bits per heavy atom. The van der Waals surface area contributed by atoms with Crippen molar-refractivity contribution in [3.63, 3.8) is 0 Å². The zero-order chi connectivity index (χ0) is 18.1. The average molecular weight is 362 g/mol. The summed E-state index contributed by atoms with van der Waals surface area (Å²) in [4.78, 5) is 24.6. The van der Waals surface area contributed by atoms with E-state index in [0.29, 0.717) is 24.5 Å². The second-order valence-corrected chi connectivity index (χ2v) is 6.03. The lowest BCUT2D eigenvalue weighted by Crippen LogP contribution is -2.32. The normalized spacial score (nSPS) is 10.3. The van der Waals surface area contributed by atoms with E-state index in [4.69, 9.17) is 21.4 Å². The fourth-order valence-corrected chi connectivity index (χ4v) is 2.54. The molecule has 0 heterocycles. The van der Waals surface area contributed by atoms with Crippen molar-refractivity contribution in [3.05, 3.63) is 70.7 Å². The van der Waals surface area contributed by atoms with Gasteiger partial charge in [-0.25, -0.2) is 4.79 Å². The van der Waals surface area contributed by atoms with Crippen LogP contribution in [0.3, 0.4) is 0 Å². The Morgan fingerprint density at radius 1 is 1.04 bits per heavy atom. The molecule has 5 nitrogen and oxygen atoms in total. The minimum Gasteiger partial charge on any atom is -0.481 e. The minimum absolute atomic E-state index is 0.00197. The van der Waals surface area contributed by atoms with Gasteiger partial charge in [0.05, 0.1) is 0 Å². The average Bonchev–Trinajstić information content (AvgIpc) is 2.59. The quantitative estimate of drug-likeness (QED) is 0.759. The molecule has 0 atom stereocenters. The Balaban J connectivity index is 1.98. The van der Waals surface area contributed by atoms with Crippen LogP contribution in [0, 0.1) is 0 Å². The first-order chi connectivity index (χ1) is 12.0. The molecule has 0 spiro atoms.